The molecule has 0 saturated carbocycles. The summed E-state index contributed by atoms with van der Waals surface area (Å²) in [5.41, 5.74) is 4.89. The quantitative estimate of drug-likeness (QED) is 0.497. The number of carbonyl (C=O) groups excluding carboxylic acids is 2. The smallest absolute Gasteiger partial charge is 0.338 e. The Morgan fingerprint density at radius 1 is 0.906 bits per heavy atom. The molecular formula is C27H27NO4. The van der Waals surface area contributed by atoms with Gasteiger partial charge in [0.15, 0.2) is 0 Å². The third-order valence-corrected chi connectivity index (χ3v) is 5.78. The number of amides is 1. The van der Waals surface area contributed by atoms with Crippen molar-refractivity contribution >= 4 is 11.9 Å². The van der Waals surface area contributed by atoms with E-state index in [0.29, 0.717) is 30.0 Å². The molecule has 1 aliphatic heterocycles. The number of benzene rings is 3. The molecule has 0 aliphatic carbocycles. The summed E-state index contributed by atoms with van der Waals surface area (Å²) in [6, 6.07) is 21.0. The topological polar surface area (TPSA) is 55.8 Å². The second-order valence-electron chi connectivity index (χ2n) is 8.29. The van der Waals surface area contributed by atoms with Crippen molar-refractivity contribution in [2.75, 3.05) is 7.11 Å². The van der Waals surface area contributed by atoms with Crippen LogP contribution in [0.25, 0.3) is 0 Å². The van der Waals surface area contributed by atoms with E-state index >= 15 is 0 Å². The summed E-state index contributed by atoms with van der Waals surface area (Å²) in [6.07, 6.45) is 0. The van der Waals surface area contributed by atoms with Crippen LogP contribution in [0.4, 0.5) is 0 Å². The van der Waals surface area contributed by atoms with Crippen LogP contribution in [0.3, 0.4) is 0 Å². The van der Waals surface area contributed by atoms with E-state index in [9.17, 15) is 9.59 Å². The minimum absolute atomic E-state index is 0.0301. The number of fused-ring (bicyclic) bond motifs is 1. The number of rotatable bonds is 6. The average molecular weight is 430 g/mol. The van der Waals surface area contributed by atoms with Crippen molar-refractivity contribution in [3.63, 3.8) is 0 Å². The second kappa shape index (κ2) is 9.27. The Labute approximate surface area is 188 Å². The van der Waals surface area contributed by atoms with Gasteiger partial charge in [-0.15, -0.1) is 0 Å². The highest BCUT2D eigenvalue weighted by molar-refractivity contribution is 6.00. The van der Waals surface area contributed by atoms with Gasteiger partial charge in [0.1, 0.15) is 12.4 Å². The molecule has 0 spiro atoms. The first-order valence-corrected chi connectivity index (χ1v) is 10.8. The number of carbonyl (C=O) groups is 2. The van der Waals surface area contributed by atoms with E-state index < -0.39 is 5.97 Å². The Morgan fingerprint density at radius 3 is 2.12 bits per heavy atom. The molecule has 0 atom stereocenters. The first kappa shape index (κ1) is 21.6. The molecule has 3 aromatic rings. The molecule has 164 valence electrons. The molecule has 0 aromatic heterocycles. The number of ether oxygens (including phenoxy) is 2. The summed E-state index contributed by atoms with van der Waals surface area (Å²) in [5, 5.41) is 0. The SMILES string of the molecule is COc1cc(C(=O)OCc2ccccc2)c(C(C)C)cc1C(=O)N1Cc2ccccc2C1. The molecule has 0 N–H and O–H groups in total. The lowest BCUT2D eigenvalue weighted by molar-refractivity contribution is 0.0470. The predicted molar refractivity (Wildman–Crippen MR) is 123 cm³/mol. The lowest BCUT2D eigenvalue weighted by Crippen LogP contribution is -2.26. The molecule has 1 aliphatic rings. The van der Waals surface area contributed by atoms with Crippen LogP contribution < -0.4 is 4.74 Å². The van der Waals surface area contributed by atoms with Crippen LogP contribution >= 0.6 is 0 Å². The fourth-order valence-electron chi connectivity index (χ4n) is 4.03. The van der Waals surface area contributed by atoms with Gasteiger partial charge in [0.25, 0.3) is 5.91 Å². The summed E-state index contributed by atoms with van der Waals surface area (Å²) < 4.78 is 11.1. The molecular weight excluding hydrogens is 402 g/mol. The van der Waals surface area contributed by atoms with Crippen LogP contribution in [-0.4, -0.2) is 23.9 Å². The van der Waals surface area contributed by atoms with Gasteiger partial charge in [0.05, 0.1) is 18.2 Å². The summed E-state index contributed by atoms with van der Waals surface area (Å²) in [5.74, 6) is -0.128. The molecule has 0 bridgehead atoms. The van der Waals surface area contributed by atoms with Crippen molar-refractivity contribution in [1.29, 1.82) is 0 Å². The highest BCUT2D eigenvalue weighted by atomic mass is 16.5. The van der Waals surface area contributed by atoms with Gasteiger partial charge < -0.3 is 14.4 Å². The highest BCUT2D eigenvalue weighted by Gasteiger charge is 2.28. The van der Waals surface area contributed by atoms with Gasteiger partial charge >= 0.3 is 5.97 Å². The Kier molecular flexibility index (Phi) is 6.26. The molecule has 4 rings (SSSR count). The maximum atomic E-state index is 13.4. The number of hydrogen-bond donors (Lipinski definition) is 0. The van der Waals surface area contributed by atoms with E-state index in [-0.39, 0.29) is 18.4 Å². The summed E-state index contributed by atoms with van der Waals surface area (Å²) in [6.45, 7) is 5.31. The zero-order valence-electron chi connectivity index (χ0n) is 18.6. The molecule has 5 heteroatoms. The zero-order chi connectivity index (χ0) is 22.7. The average Bonchev–Trinajstić information content (AvgIpc) is 3.26. The Bertz CT molecular complexity index is 1110. The van der Waals surface area contributed by atoms with Gasteiger partial charge in [0.2, 0.25) is 0 Å². The molecule has 3 aromatic carbocycles. The summed E-state index contributed by atoms with van der Waals surface area (Å²) >= 11 is 0. The Balaban J connectivity index is 1.61. The number of methoxy groups -OCH3 is 1. The molecule has 32 heavy (non-hydrogen) atoms. The Morgan fingerprint density at radius 2 is 1.53 bits per heavy atom. The van der Waals surface area contributed by atoms with E-state index in [4.69, 9.17) is 9.47 Å². The van der Waals surface area contributed by atoms with Crippen LogP contribution in [0.1, 0.15) is 62.7 Å². The van der Waals surface area contributed by atoms with Gasteiger partial charge in [-0.2, -0.15) is 0 Å². The molecule has 0 unspecified atom stereocenters. The Hall–Kier alpha value is -3.60. The summed E-state index contributed by atoms with van der Waals surface area (Å²) in [7, 11) is 1.51. The van der Waals surface area contributed by atoms with E-state index in [1.54, 1.807) is 17.0 Å². The lowest BCUT2D eigenvalue weighted by Gasteiger charge is -2.21. The monoisotopic (exact) mass is 429 g/mol. The first-order valence-electron chi connectivity index (χ1n) is 10.8. The fourth-order valence-corrected chi connectivity index (χ4v) is 4.03. The van der Waals surface area contributed by atoms with Gasteiger partial charge in [-0.3, -0.25) is 4.79 Å². The third kappa shape index (κ3) is 4.37. The van der Waals surface area contributed by atoms with Crippen molar-refractivity contribution in [2.45, 2.75) is 39.5 Å². The van der Waals surface area contributed by atoms with Gasteiger partial charge in [0, 0.05) is 13.1 Å². The second-order valence-corrected chi connectivity index (χ2v) is 8.29. The third-order valence-electron chi connectivity index (χ3n) is 5.78. The van der Waals surface area contributed by atoms with Gasteiger partial charge in [-0.25, -0.2) is 4.79 Å². The van der Waals surface area contributed by atoms with Gasteiger partial charge in [-0.05, 0) is 40.3 Å². The number of esters is 1. The van der Waals surface area contributed by atoms with Crippen LogP contribution in [0, 0.1) is 0 Å². The van der Waals surface area contributed by atoms with Crippen molar-refractivity contribution in [3.05, 3.63) is 100 Å². The van der Waals surface area contributed by atoms with Crippen LogP contribution in [0.15, 0.2) is 66.7 Å². The molecule has 5 nitrogen and oxygen atoms in total. The number of hydrogen-bond acceptors (Lipinski definition) is 4. The molecule has 0 fully saturated rings. The van der Waals surface area contributed by atoms with Crippen LogP contribution in [0.5, 0.6) is 5.75 Å². The van der Waals surface area contributed by atoms with Crippen LogP contribution in [-0.2, 0) is 24.4 Å². The summed E-state index contributed by atoms with van der Waals surface area (Å²) in [4.78, 5) is 28.1. The molecule has 0 saturated heterocycles. The maximum Gasteiger partial charge on any atom is 0.338 e. The molecule has 1 heterocycles. The standard InChI is InChI=1S/C27H27NO4/c1-18(2)22-13-24(26(29)28-15-20-11-7-8-12-21(20)16-28)25(31-3)14-23(22)27(30)32-17-19-9-5-4-6-10-19/h4-14,18H,15-17H2,1-3H3. The normalized spacial score (nSPS) is 12.6. The molecule has 0 radical (unpaired) electrons. The number of nitrogens with zero attached hydrogens (tertiary/aromatic N) is 1. The van der Waals surface area contributed by atoms with E-state index in [1.807, 2.05) is 68.4 Å². The minimum atomic E-state index is -0.427. The van der Waals surface area contributed by atoms with Crippen molar-refractivity contribution < 1.29 is 19.1 Å². The predicted octanol–water partition coefficient (Wildman–Crippen LogP) is 5.33. The van der Waals surface area contributed by atoms with Crippen molar-refractivity contribution in [3.8, 4) is 5.75 Å². The minimum Gasteiger partial charge on any atom is -0.496 e. The fraction of sp³-hybridized carbons (Fsp3) is 0.259. The van der Waals surface area contributed by atoms with E-state index in [0.717, 1.165) is 22.3 Å². The first-order chi connectivity index (χ1) is 15.5. The van der Waals surface area contributed by atoms with E-state index in [2.05, 4.69) is 0 Å². The van der Waals surface area contributed by atoms with Crippen molar-refractivity contribution in [2.24, 2.45) is 0 Å². The maximum absolute atomic E-state index is 13.4. The lowest BCUT2D eigenvalue weighted by atomic mass is 9.93. The van der Waals surface area contributed by atoms with E-state index in [1.165, 1.54) is 7.11 Å². The van der Waals surface area contributed by atoms with Gasteiger partial charge in [-0.1, -0.05) is 68.4 Å². The largest absolute Gasteiger partial charge is 0.496 e. The van der Waals surface area contributed by atoms with Crippen molar-refractivity contribution in [1.82, 2.24) is 4.90 Å². The highest BCUT2D eigenvalue weighted by Crippen LogP contribution is 2.32. The zero-order valence-corrected chi connectivity index (χ0v) is 18.6. The molecule has 1 amide bonds. The van der Waals surface area contributed by atoms with Crippen LogP contribution in [0.2, 0.25) is 0 Å².